The highest BCUT2D eigenvalue weighted by Gasteiger charge is 2.00. The Morgan fingerprint density at radius 1 is 1.24 bits per heavy atom. The maximum Gasteiger partial charge on any atom is 0.303 e. The van der Waals surface area contributed by atoms with Crippen molar-refractivity contribution in [2.75, 3.05) is 0 Å². The summed E-state index contributed by atoms with van der Waals surface area (Å²) in [5.74, 6) is -0.738. The molecule has 88 valence electrons. The van der Waals surface area contributed by atoms with Gasteiger partial charge in [-0.25, -0.2) is 9.97 Å². The second-order valence-corrected chi connectivity index (χ2v) is 3.95. The summed E-state index contributed by atoms with van der Waals surface area (Å²) in [6.45, 7) is 0. The molecule has 2 aromatic rings. The predicted molar refractivity (Wildman–Crippen MR) is 64.7 cm³/mol. The first-order valence-electron chi connectivity index (χ1n) is 5.68. The van der Waals surface area contributed by atoms with Crippen molar-refractivity contribution in [3.63, 3.8) is 0 Å². The zero-order valence-electron chi connectivity index (χ0n) is 9.47. The second-order valence-electron chi connectivity index (χ2n) is 3.95. The first-order chi connectivity index (χ1) is 8.25. The molecule has 4 nitrogen and oxygen atoms in total. The molecular weight excluding hydrogens is 216 g/mol. The van der Waals surface area contributed by atoms with Crippen LogP contribution in [0.2, 0.25) is 0 Å². The topological polar surface area (TPSA) is 63.1 Å². The number of pyridine rings is 2. The third-order valence-electron chi connectivity index (χ3n) is 2.60. The van der Waals surface area contributed by atoms with Gasteiger partial charge in [0.15, 0.2) is 5.65 Å². The van der Waals surface area contributed by atoms with Crippen LogP contribution in [0.15, 0.2) is 30.5 Å². The zero-order valence-corrected chi connectivity index (χ0v) is 9.47. The highest BCUT2D eigenvalue weighted by molar-refractivity contribution is 5.74. The van der Waals surface area contributed by atoms with Crippen LogP contribution in [0.5, 0.6) is 0 Å². The number of hydrogen-bond acceptors (Lipinski definition) is 3. The molecule has 0 radical (unpaired) electrons. The maximum absolute atomic E-state index is 10.4. The third kappa shape index (κ3) is 3.24. The summed E-state index contributed by atoms with van der Waals surface area (Å²) in [6.07, 6.45) is 4.30. The average Bonchev–Trinajstić information content (AvgIpc) is 2.34. The van der Waals surface area contributed by atoms with Crippen LogP contribution < -0.4 is 0 Å². The quantitative estimate of drug-likeness (QED) is 0.801. The zero-order chi connectivity index (χ0) is 12.1. The lowest BCUT2D eigenvalue weighted by Gasteiger charge is -2.01. The lowest BCUT2D eigenvalue weighted by Crippen LogP contribution is -1.96. The Balaban J connectivity index is 1.97. The van der Waals surface area contributed by atoms with Crippen LogP contribution in [0.3, 0.4) is 0 Å². The number of aryl methyl sites for hydroxylation is 1. The summed E-state index contributed by atoms with van der Waals surface area (Å²) in [7, 11) is 0. The molecule has 0 aliphatic carbocycles. The Kier molecular flexibility index (Phi) is 3.65. The minimum absolute atomic E-state index is 0.228. The van der Waals surface area contributed by atoms with Crippen molar-refractivity contribution in [1.82, 2.24) is 9.97 Å². The number of fused-ring (bicyclic) bond motifs is 1. The van der Waals surface area contributed by atoms with Crippen molar-refractivity contribution in [1.29, 1.82) is 0 Å². The van der Waals surface area contributed by atoms with E-state index in [2.05, 4.69) is 9.97 Å². The van der Waals surface area contributed by atoms with E-state index in [1.807, 2.05) is 24.3 Å². The highest BCUT2D eigenvalue weighted by atomic mass is 16.4. The smallest absolute Gasteiger partial charge is 0.303 e. The highest BCUT2D eigenvalue weighted by Crippen LogP contribution is 2.11. The summed E-state index contributed by atoms with van der Waals surface area (Å²) >= 11 is 0. The molecule has 0 saturated heterocycles. The molecule has 0 aromatic carbocycles. The summed E-state index contributed by atoms with van der Waals surface area (Å²) < 4.78 is 0. The van der Waals surface area contributed by atoms with Crippen LogP contribution in [0.1, 0.15) is 25.0 Å². The molecule has 2 aromatic heterocycles. The van der Waals surface area contributed by atoms with E-state index in [0.29, 0.717) is 6.42 Å². The Bertz CT molecular complexity index is 526. The average molecular weight is 230 g/mol. The Hall–Kier alpha value is -1.97. The number of nitrogens with zero attached hydrogens (tertiary/aromatic N) is 2. The van der Waals surface area contributed by atoms with E-state index in [4.69, 9.17) is 5.11 Å². The van der Waals surface area contributed by atoms with Gasteiger partial charge in [0.25, 0.3) is 0 Å². The van der Waals surface area contributed by atoms with Crippen LogP contribution in [0, 0.1) is 0 Å². The van der Waals surface area contributed by atoms with Gasteiger partial charge >= 0.3 is 5.97 Å². The number of carboxylic acids is 1. The Labute approximate surface area is 99.3 Å². The summed E-state index contributed by atoms with van der Waals surface area (Å²) in [6, 6.07) is 7.84. The first kappa shape index (κ1) is 11.5. The molecular formula is C13H14N2O2. The van der Waals surface area contributed by atoms with Gasteiger partial charge in [-0.15, -0.1) is 0 Å². The minimum atomic E-state index is -0.738. The van der Waals surface area contributed by atoms with Crippen molar-refractivity contribution in [2.45, 2.75) is 25.7 Å². The number of carbonyl (C=O) groups is 1. The molecule has 0 bridgehead atoms. The molecule has 0 spiro atoms. The molecule has 0 amide bonds. The minimum Gasteiger partial charge on any atom is -0.481 e. The molecule has 1 N–H and O–H groups in total. The molecule has 4 heteroatoms. The van der Waals surface area contributed by atoms with E-state index in [9.17, 15) is 4.79 Å². The van der Waals surface area contributed by atoms with Gasteiger partial charge in [-0.1, -0.05) is 0 Å². The molecule has 2 heterocycles. The van der Waals surface area contributed by atoms with Gasteiger partial charge in [0.05, 0.1) is 0 Å². The van der Waals surface area contributed by atoms with Crippen molar-refractivity contribution < 1.29 is 9.90 Å². The molecule has 0 aliphatic rings. The van der Waals surface area contributed by atoms with Crippen molar-refractivity contribution >= 4 is 17.0 Å². The van der Waals surface area contributed by atoms with Gasteiger partial charge in [0, 0.05) is 23.7 Å². The van der Waals surface area contributed by atoms with Crippen LogP contribution in [0.4, 0.5) is 0 Å². The fraction of sp³-hybridized carbons (Fsp3) is 0.308. The molecule has 0 aliphatic heterocycles. The SMILES string of the molecule is O=C(O)CCCCc1ccc2cccnc2n1. The predicted octanol–water partition coefficient (Wildman–Crippen LogP) is 2.43. The number of hydrogen-bond donors (Lipinski definition) is 1. The lowest BCUT2D eigenvalue weighted by molar-refractivity contribution is -0.137. The molecule has 2 rings (SSSR count). The number of aliphatic carboxylic acids is 1. The van der Waals surface area contributed by atoms with E-state index >= 15 is 0 Å². The van der Waals surface area contributed by atoms with Gasteiger partial charge in [-0.05, 0) is 43.5 Å². The van der Waals surface area contributed by atoms with E-state index in [1.165, 1.54) is 0 Å². The molecule has 0 unspecified atom stereocenters. The van der Waals surface area contributed by atoms with Crippen molar-refractivity contribution in [3.8, 4) is 0 Å². The fourth-order valence-electron chi connectivity index (χ4n) is 1.71. The van der Waals surface area contributed by atoms with Crippen LogP contribution in [-0.4, -0.2) is 21.0 Å². The van der Waals surface area contributed by atoms with Crippen LogP contribution >= 0.6 is 0 Å². The number of aromatic nitrogens is 2. The maximum atomic E-state index is 10.4. The Morgan fingerprint density at radius 2 is 2.12 bits per heavy atom. The van der Waals surface area contributed by atoms with E-state index in [-0.39, 0.29) is 6.42 Å². The van der Waals surface area contributed by atoms with Gasteiger partial charge in [0.2, 0.25) is 0 Å². The summed E-state index contributed by atoms with van der Waals surface area (Å²) in [5, 5.41) is 9.56. The first-order valence-corrected chi connectivity index (χ1v) is 5.68. The summed E-state index contributed by atoms with van der Waals surface area (Å²) in [5.41, 5.74) is 1.73. The molecule has 0 atom stereocenters. The van der Waals surface area contributed by atoms with Crippen LogP contribution in [-0.2, 0) is 11.2 Å². The van der Waals surface area contributed by atoms with Gasteiger partial charge in [0.1, 0.15) is 0 Å². The number of carboxylic acid groups (broad SMARTS) is 1. The summed E-state index contributed by atoms with van der Waals surface area (Å²) in [4.78, 5) is 19.0. The monoisotopic (exact) mass is 230 g/mol. The normalized spacial score (nSPS) is 10.6. The Morgan fingerprint density at radius 3 is 2.94 bits per heavy atom. The lowest BCUT2D eigenvalue weighted by atomic mass is 10.1. The van der Waals surface area contributed by atoms with E-state index in [0.717, 1.165) is 29.6 Å². The molecule has 0 saturated carbocycles. The molecule has 0 fully saturated rings. The van der Waals surface area contributed by atoms with E-state index < -0.39 is 5.97 Å². The largest absolute Gasteiger partial charge is 0.481 e. The second kappa shape index (κ2) is 5.39. The van der Waals surface area contributed by atoms with Crippen molar-refractivity contribution in [2.24, 2.45) is 0 Å². The number of unbranched alkanes of at least 4 members (excludes halogenated alkanes) is 1. The molecule has 17 heavy (non-hydrogen) atoms. The number of rotatable bonds is 5. The van der Waals surface area contributed by atoms with Crippen LogP contribution in [0.25, 0.3) is 11.0 Å². The van der Waals surface area contributed by atoms with Crippen molar-refractivity contribution in [3.05, 3.63) is 36.2 Å². The van der Waals surface area contributed by atoms with E-state index in [1.54, 1.807) is 6.20 Å². The standard InChI is InChI=1S/C13H14N2O2/c16-12(17)6-2-1-5-11-8-7-10-4-3-9-14-13(10)15-11/h3-4,7-9H,1-2,5-6H2,(H,16,17). The van der Waals surface area contributed by atoms with Gasteiger partial charge in [-0.2, -0.15) is 0 Å². The fourth-order valence-corrected chi connectivity index (χ4v) is 1.71. The van der Waals surface area contributed by atoms with Gasteiger partial charge < -0.3 is 5.11 Å². The third-order valence-corrected chi connectivity index (χ3v) is 2.60. The van der Waals surface area contributed by atoms with Gasteiger partial charge in [-0.3, -0.25) is 4.79 Å².